The van der Waals surface area contributed by atoms with Crippen LogP contribution in [0.25, 0.3) is 0 Å². The number of rotatable bonds is 3. The standard InChI is InChI=1S/C25H24Cl2N2S/c26-20-7-9-24-19(14-20)15-23(22-8-6-21(27)16-25(22)30-24)29-12-10-28(11-13-29)17-18-4-2-1-3-5-18/h1-9,14,16,23H,10-13,15,17H2/p+2/t23-/m1/s1. The van der Waals surface area contributed by atoms with Crippen molar-refractivity contribution in [3.63, 3.8) is 0 Å². The fourth-order valence-corrected chi connectivity index (χ4v) is 6.43. The molecule has 1 saturated heterocycles. The first kappa shape index (κ1) is 20.4. The van der Waals surface area contributed by atoms with Crippen LogP contribution in [0.2, 0.25) is 10.0 Å². The van der Waals surface area contributed by atoms with Crippen LogP contribution in [0.1, 0.15) is 22.7 Å². The second-order valence-electron chi connectivity index (χ2n) is 8.36. The first-order valence-electron chi connectivity index (χ1n) is 10.6. The summed E-state index contributed by atoms with van der Waals surface area (Å²) in [5.74, 6) is 0. The van der Waals surface area contributed by atoms with Crippen molar-refractivity contribution in [1.82, 2.24) is 0 Å². The van der Waals surface area contributed by atoms with Crippen molar-refractivity contribution in [3.8, 4) is 0 Å². The van der Waals surface area contributed by atoms with Gasteiger partial charge in [-0.2, -0.15) is 0 Å². The fraction of sp³-hybridized carbons (Fsp3) is 0.280. The average Bonchev–Trinajstić information content (AvgIpc) is 2.91. The number of halogens is 2. The summed E-state index contributed by atoms with van der Waals surface area (Å²) in [5, 5.41) is 1.63. The van der Waals surface area contributed by atoms with E-state index in [9.17, 15) is 0 Å². The minimum atomic E-state index is 0.447. The normalized spacial score (nSPS) is 23.3. The van der Waals surface area contributed by atoms with E-state index in [-0.39, 0.29) is 0 Å². The van der Waals surface area contributed by atoms with Gasteiger partial charge in [0, 0.05) is 37.4 Å². The third-order valence-electron chi connectivity index (χ3n) is 6.41. The van der Waals surface area contributed by atoms with Crippen molar-refractivity contribution in [2.24, 2.45) is 0 Å². The first-order valence-corrected chi connectivity index (χ1v) is 12.2. The Labute approximate surface area is 192 Å². The van der Waals surface area contributed by atoms with Crippen LogP contribution in [0, 0.1) is 0 Å². The number of benzene rings is 3. The van der Waals surface area contributed by atoms with Gasteiger partial charge >= 0.3 is 0 Å². The summed E-state index contributed by atoms with van der Waals surface area (Å²) in [7, 11) is 0. The molecule has 0 spiro atoms. The van der Waals surface area contributed by atoms with Gasteiger partial charge in [-0.05, 0) is 35.9 Å². The predicted octanol–water partition coefficient (Wildman–Crippen LogP) is 3.73. The van der Waals surface area contributed by atoms with Gasteiger partial charge in [-0.1, -0.05) is 71.4 Å². The lowest BCUT2D eigenvalue weighted by atomic mass is 9.96. The van der Waals surface area contributed by atoms with Crippen molar-refractivity contribution in [3.05, 3.63) is 93.5 Å². The summed E-state index contributed by atoms with van der Waals surface area (Å²) in [4.78, 5) is 5.97. The molecule has 30 heavy (non-hydrogen) atoms. The number of fused-ring (bicyclic) bond motifs is 2. The van der Waals surface area contributed by atoms with E-state index in [1.54, 1.807) is 9.80 Å². The second kappa shape index (κ2) is 8.94. The van der Waals surface area contributed by atoms with Gasteiger partial charge in [0.05, 0.1) is 0 Å². The first-order chi connectivity index (χ1) is 14.7. The van der Waals surface area contributed by atoms with Crippen molar-refractivity contribution in [1.29, 1.82) is 0 Å². The molecule has 5 heteroatoms. The zero-order valence-electron chi connectivity index (χ0n) is 16.8. The van der Waals surface area contributed by atoms with Crippen LogP contribution >= 0.6 is 35.0 Å². The highest BCUT2D eigenvalue weighted by Crippen LogP contribution is 2.41. The van der Waals surface area contributed by atoms with Gasteiger partial charge in [-0.25, -0.2) is 0 Å². The number of quaternary nitrogens is 2. The van der Waals surface area contributed by atoms with Gasteiger partial charge in [0.2, 0.25) is 0 Å². The van der Waals surface area contributed by atoms with Gasteiger partial charge in [0.25, 0.3) is 0 Å². The molecule has 3 aromatic rings. The van der Waals surface area contributed by atoms with Crippen molar-refractivity contribution in [2.75, 3.05) is 26.2 Å². The van der Waals surface area contributed by atoms with E-state index >= 15 is 0 Å². The molecule has 0 unspecified atom stereocenters. The summed E-state index contributed by atoms with van der Waals surface area (Å²) in [6.07, 6.45) is 1.03. The lowest BCUT2D eigenvalue weighted by Gasteiger charge is -2.35. The third-order valence-corrected chi connectivity index (χ3v) is 8.07. The monoisotopic (exact) mass is 456 g/mol. The Balaban J connectivity index is 1.38. The van der Waals surface area contributed by atoms with E-state index in [0.29, 0.717) is 6.04 Å². The molecule has 2 aliphatic heterocycles. The number of hydrogen-bond donors (Lipinski definition) is 2. The highest BCUT2D eigenvalue weighted by atomic mass is 35.5. The van der Waals surface area contributed by atoms with Gasteiger partial charge in [0.15, 0.2) is 0 Å². The minimum absolute atomic E-state index is 0.447. The van der Waals surface area contributed by atoms with Gasteiger partial charge < -0.3 is 9.80 Å². The summed E-state index contributed by atoms with van der Waals surface area (Å²) in [6.45, 7) is 5.92. The smallest absolute Gasteiger partial charge is 0.128 e. The van der Waals surface area contributed by atoms with Crippen molar-refractivity contribution in [2.45, 2.75) is 28.8 Å². The van der Waals surface area contributed by atoms with Crippen LogP contribution in [-0.4, -0.2) is 26.2 Å². The Morgan fingerprint density at radius 2 is 1.53 bits per heavy atom. The van der Waals surface area contributed by atoms with Crippen LogP contribution in [0.3, 0.4) is 0 Å². The molecule has 1 fully saturated rings. The van der Waals surface area contributed by atoms with E-state index in [1.165, 1.54) is 52.7 Å². The zero-order chi connectivity index (χ0) is 20.5. The quantitative estimate of drug-likeness (QED) is 0.610. The highest BCUT2D eigenvalue weighted by Gasteiger charge is 2.34. The van der Waals surface area contributed by atoms with E-state index in [1.807, 2.05) is 23.9 Å². The summed E-state index contributed by atoms with van der Waals surface area (Å²) >= 11 is 14.6. The second-order valence-corrected chi connectivity index (χ2v) is 10.3. The highest BCUT2D eigenvalue weighted by molar-refractivity contribution is 7.99. The number of nitrogens with one attached hydrogen (secondary N) is 2. The maximum atomic E-state index is 6.37. The minimum Gasteiger partial charge on any atom is -0.322 e. The Hall–Kier alpha value is -1.49. The molecule has 2 aliphatic rings. The van der Waals surface area contributed by atoms with E-state index in [4.69, 9.17) is 23.2 Å². The van der Waals surface area contributed by atoms with Crippen LogP contribution in [-0.2, 0) is 13.0 Å². The molecule has 0 amide bonds. The Bertz CT molecular complexity index is 1030. The molecule has 0 radical (unpaired) electrons. The van der Waals surface area contributed by atoms with E-state index in [0.717, 1.165) is 23.0 Å². The zero-order valence-corrected chi connectivity index (χ0v) is 19.2. The Morgan fingerprint density at radius 3 is 2.33 bits per heavy atom. The van der Waals surface area contributed by atoms with Crippen molar-refractivity contribution >= 4 is 35.0 Å². The molecule has 3 aromatic carbocycles. The Kier molecular flexibility index (Phi) is 6.08. The SMILES string of the molecule is Clc1ccc2c(c1)C[C@@H]([NH+]1CC[NH+](Cc3ccccc3)CC1)c1ccc(Cl)cc1S2. The third kappa shape index (κ3) is 4.42. The molecule has 2 heterocycles. The maximum absolute atomic E-state index is 6.37. The van der Waals surface area contributed by atoms with Crippen LogP contribution < -0.4 is 9.80 Å². The molecule has 0 aliphatic carbocycles. The molecule has 2 N–H and O–H groups in total. The fourth-order valence-electron chi connectivity index (χ4n) is 4.84. The number of piperazine rings is 1. The largest absolute Gasteiger partial charge is 0.322 e. The van der Waals surface area contributed by atoms with Crippen LogP contribution in [0.15, 0.2) is 76.5 Å². The van der Waals surface area contributed by atoms with E-state index < -0.39 is 0 Å². The van der Waals surface area contributed by atoms with E-state index in [2.05, 4.69) is 54.6 Å². The summed E-state index contributed by atoms with van der Waals surface area (Å²) in [5.41, 5.74) is 4.22. The van der Waals surface area contributed by atoms with Gasteiger partial charge in [0.1, 0.15) is 38.8 Å². The van der Waals surface area contributed by atoms with Gasteiger partial charge in [-0.15, -0.1) is 0 Å². The maximum Gasteiger partial charge on any atom is 0.128 e. The van der Waals surface area contributed by atoms with Crippen LogP contribution in [0.4, 0.5) is 0 Å². The van der Waals surface area contributed by atoms with Gasteiger partial charge in [-0.3, -0.25) is 0 Å². The molecule has 1 atom stereocenters. The predicted molar refractivity (Wildman–Crippen MR) is 125 cm³/mol. The summed E-state index contributed by atoms with van der Waals surface area (Å²) in [6, 6.07) is 24.1. The average molecular weight is 457 g/mol. The number of hydrogen-bond acceptors (Lipinski definition) is 1. The Morgan fingerprint density at radius 1 is 0.800 bits per heavy atom. The topological polar surface area (TPSA) is 8.88 Å². The van der Waals surface area contributed by atoms with Crippen LogP contribution in [0.5, 0.6) is 0 Å². The molecule has 5 rings (SSSR count). The molecule has 2 nitrogen and oxygen atoms in total. The molecule has 0 bridgehead atoms. The summed E-state index contributed by atoms with van der Waals surface area (Å²) < 4.78 is 0. The molecule has 0 saturated carbocycles. The molecular formula is C25H26Cl2N2S+2. The lowest BCUT2D eigenvalue weighted by Crippen LogP contribution is -3.27. The molecular weight excluding hydrogens is 431 g/mol. The van der Waals surface area contributed by atoms with Crippen molar-refractivity contribution < 1.29 is 9.80 Å². The lowest BCUT2D eigenvalue weighted by molar-refractivity contribution is -1.03. The molecule has 154 valence electrons. The molecule has 0 aromatic heterocycles.